The van der Waals surface area contributed by atoms with E-state index in [4.69, 9.17) is 11.6 Å². The zero-order valence-electron chi connectivity index (χ0n) is 9.12. The van der Waals surface area contributed by atoms with Gasteiger partial charge >= 0.3 is 6.61 Å². The van der Waals surface area contributed by atoms with Crippen LogP contribution in [-0.4, -0.2) is 17.9 Å². The Labute approximate surface area is 103 Å². The predicted molar refractivity (Wildman–Crippen MR) is 60.2 cm³/mol. The lowest BCUT2D eigenvalue weighted by Gasteiger charge is -2.08. The van der Waals surface area contributed by atoms with Gasteiger partial charge in [0.1, 0.15) is 11.1 Å². The summed E-state index contributed by atoms with van der Waals surface area (Å²) >= 11 is 5.56. The molecule has 0 radical (unpaired) electrons. The van der Waals surface area contributed by atoms with E-state index >= 15 is 0 Å². The minimum atomic E-state index is -2.84. The lowest BCUT2D eigenvalue weighted by Crippen LogP contribution is -2.28. The van der Waals surface area contributed by atoms with E-state index < -0.39 is 12.0 Å². The maximum Gasteiger partial charge on any atom is 0.387 e. The minimum absolute atomic E-state index is 0.0841. The third-order valence-electron chi connectivity index (χ3n) is 1.98. The number of hydrogen-bond acceptors (Lipinski definition) is 2. The molecule has 1 aromatic rings. The standard InChI is InChI=1S/C11H12ClF2NO2/c1-7(12)10(16)15-6-8-2-4-9(5-3-8)17-11(13)14/h2-5,7,11H,6H2,1H3,(H,15,16). The number of amides is 1. The van der Waals surface area contributed by atoms with Gasteiger partial charge in [-0.2, -0.15) is 8.78 Å². The van der Waals surface area contributed by atoms with Gasteiger partial charge in [0, 0.05) is 6.54 Å². The van der Waals surface area contributed by atoms with Crippen LogP contribution in [0.25, 0.3) is 0 Å². The summed E-state index contributed by atoms with van der Waals surface area (Å²) < 4.78 is 27.9. The van der Waals surface area contributed by atoms with E-state index in [1.165, 1.54) is 12.1 Å². The molecular weight excluding hydrogens is 252 g/mol. The van der Waals surface area contributed by atoms with Crippen molar-refractivity contribution in [2.24, 2.45) is 0 Å². The van der Waals surface area contributed by atoms with E-state index in [0.29, 0.717) is 6.54 Å². The van der Waals surface area contributed by atoms with Crippen LogP contribution in [0.1, 0.15) is 12.5 Å². The van der Waals surface area contributed by atoms with Gasteiger partial charge < -0.3 is 10.1 Å². The van der Waals surface area contributed by atoms with Crippen LogP contribution >= 0.6 is 11.6 Å². The number of hydrogen-bond donors (Lipinski definition) is 1. The number of carbonyl (C=O) groups is 1. The number of carbonyl (C=O) groups excluding carboxylic acids is 1. The largest absolute Gasteiger partial charge is 0.435 e. The molecule has 0 aliphatic heterocycles. The van der Waals surface area contributed by atoms with Crippen LogP contribution in [0.4, 0.5) is 8.78 Å². The van der Waals surface area contributed by atoms with Gasteiger partial charge in [-0.25, -0.2) is 0 Å². The second-order valence-corrected chi connectivity index (χ2v) is 4.01. The van der Waals surface area contributed by atoms with E-state index in [-0.39, 0.29) is 11.7 Å². The average molecular weight is 264 g/mol. The highest BCUT2D eigenvalue weighted by Gasteiger charge is 2.08. The number of rotatable bonds is 5. The van der Waals surface area contributed by atoms with Crippen LogP contribution in [0.3, 0.4) is 0 Å². The van der Waals surface area contributed by atoms with E-state index in [1.54, 1.807) is 19.1 Å². The van der Waals surface area contributed by atoms with Crippen LogP contribution in [0.2, 0.25) is 0 Å². The van der Waals surface area contributed by atoms with E-state index in [2.05, 4.69) is 10.1 Å². The van der Waals surface area contributed by atoms with Gasteiger partial charge in [-0.1, -0.05) is 12.1 Å². The molecule has 6 heteroatoms. The third-order valence-corrected chi connectivity index (χ3v) is 2.17. The molecule has 0 aliphatic rings. The van der Waals surface area contributed by atoms with Gasteiger partial charge in [-0.3, -0.25) is 4.79 Å². The van der Waals surface area contributed by atoms with Gasteiger partial charge in [0.05, 0.1) is 0 Å². The molecule has 0 fully saturated rings. The van der Waals surface area contributed by atoms with Gasteiger partial charge in [-0.15, -0.1) is 11.6 Å². The lowest BCUT2D eigenvalue weighted by molar-refractivity contribution is -0.120. The SMILES string of the molecule is CC(Cl)C(=O)NCc1ccc(OC(F)F)cc1. The van der Waals surface area contributed by atoms with Crippen LogP contribution in [0.5, 0.6) is 5.75 Å². The molecule has 17 heavy (non-hydrogen) atoms. The highest BCUT2D eigenvalue weighted by Crippen LogP contribution is 2.14. The second kappa shape index (κ2) is 6.39. The molecule has 0 aliphatic carbocycles. The number of nitrogens with one attached hydrogen (secondary N) is 1. The molecule has 0 saturated carbocycles. The molecule has 3 nitrogen and oxygen atoms in total. The second-order valence-electron chi connectivity index (χ2n) is 3.36. The molecule has 94 valence electrons. The van der Waals surface area contributed by atoms with Crippen molar-refractivity contribution >= 4 is 17.5 Å². The number of benzene rings is 1. The van der Waals surface area contributed by atoms with Crippen LogP contribution in [0, 0.1) is 0 Å². The van der Waals surface area contributed by atoms with Crippen molar-refractivity contribution in [3.63, 3.8) is 0 Å². The summed E-state index contributed by atoms with van der Waals surface area (Å²) in [5, 5.41) is 2.00. The molecule has 1 N–H and O–H groups in total. The molecule has 1 unspecified atom stereocenters. The minimum Gasteiger partial charge on any atom is -0.435 e. The van der Waals surface area contributed by atoms with Crippen molar-refractivity contribution in [3.05, 3.63) is 29.8 Å². The monoisotopic (exact) mass is 263 g/mol. The molecule has 1 amide bonds. The first-order valence-corrected chi connectivity index (χ1v) is 5.38. The fourth-order valence-corrected chi connectivity index (χ4v) is 1.20. The van der Waals surface area contributed by atoms with Crippen LogP contribution in [0.15, 0.2) is 24.3 Å². The summed E-state index contributed by atoms with van der Waals surface area (Å²) in [4.78, 5) is 11.2. The van der Waals surface area contributed by atoms with Crippen molar-refractivity contribution < 1.29 is 18.3 Å². The zero-order valence-corrected chi connectivity index (χ0v) is 9.88. The molecule has 0 spiro atoms. The third kappa shape index (κ3) is 4.99. The van der Waals surface area contributed by atoms with Crippen LogP contribution in [-0.2, 0) is 11.3 Å². The molecule has 0 heterocycles. The quantitative estimate of drug-likeness (QED) is 0.829. The van der Waals surface area contributed by atoms with Gasteiger partial charge in [0.15, 0.2) is 0 Å². The Morgan fingerprint density at radius 1 is 1.41 bits per heavy atom. The Balaban J connectivity index is 2.48. The Morgan fingerprint density at radius 3 is 2.47 bits per heavy atom. The Kier molecular flexibility index (Phi) is 5.15. The predicted octanol–water partition coefficient (Wildman–Crippen LogP) is 2.53. The first-order valence-electron chi connectivity index (χ1n) is 4.94. The van der Waals surface area contributed by atoms with Crippen LogP contribution < -0.4 is 10.1 Å². The molecule has 1 atom stereocenters. The van der Waals surface area contributed by atoms with Crippen molar-refractivity contribution in [1.82, 2.24) is 5.32 Å². The first-order chi connectivity index (χ1) is 7.99. The zero-order chi connectivity index (χ0) is 12.8. The molecule has 1 aromatic carbocycles. The number of halogens is 3. The molecule has 0 saturated heterocycles. The summed E-state index contributed by atoms with van der Waals surface area (Å²) in [6.45, 7) is -0.973. The molecule has 0 bridgehead atoms. The van der Waals surface area contributed by atoms with Crippen molar-refractivity contribution in [2.75, 3.05) is 0 Å². The van der Waals surface area contributed by atoms with Crippen molar-refractivity contribution in [3.8, 4) is 5.75 Å². The molecular formula is C11H12ClF2NO2. The summed E-state index contributed by atoms with van der Waals surface area (Å²) in [7, 11) is 0. The van der Waals surface area contributed by atoms with E-state index in [9.17, 15) is 13.6 Å². The van der Waals surface area contributed by atoms with Crippen molar-refractivity contribution in [2.45, 2.75) is 25.5 Å². The molecule has 0 aromatic heterocycles. The smallest absolute Gasteiger partial charge is 0.387 e. The topological polar surface area (TPSA) is 38.3 Å². The first kappa shape index (κ1) is 13.7. The maximum absolute atomic E-state index is 11.9. The Morgan fingerprint density at radius 2 is 2.00 bits per heavy atom. The van der Waals surface area contributed by atoms with Crippen molar-refractivity contribution in [1.29, 1.82) is 0 Å². The summed E-state index contributed by atoms with van der Waals surface area (Å²) in [5.74, 6) is -0.194. The normalized spacial score (nSPS) is 12.3. The fraction of sp³-hybridized carbons (Fsp3) is 0.364. The lowest BCUT2D eigenvalue weighted by atomic mass is 10.2. The van der Waals surface area contributed by atoms with Gasteiger partial charge in [-0.05, 0) is 24.6 Å². The summed E-state index contributed by atoms with van der Waals surface area (Å²) in [6.07, 6.45) is 0. The highest BCUT2D eigenvalue weighted by molar-refractivity contribution is 6.30. The molecule has 1 rings (SSSR count). The fourth-order valence-electron chi connectivity index (χ4n) is 1.12. The Bertz CT molecular complexity index is 368. The van der Waals surface area contributed by atoms with Gasteiger partial charge in [0.2, 0.25) is 5.91 Å². The number of alkyl halides is 3. The summed E-state index contributed by atoms with van der Waals surface area (Å²) in [5.41, 5.74) is 0.775. The number of ether oxygens (including phenoxy) is 1. The van der Waals surface area contributed by atoms with E-state index in [1.807, 2.05) is 0 Å². The summed E-state index contributed by atoms with van der Waals surface area (Å²) in [6, 6.07) is 6.02. The average Bonchev–Trinajstić information content (AvgIpc) is 2.26. The van der Waals surface area contributed by atoms with E-state index in [0.717, 1.165) is 5.56 Å². The van der Waals surface area contributed by atoms with Gasteiger partial charge in [0.25, 0.3) is 0 Å². The maximum atomic E-state index is 11.9. The highest BCUT2D eigenvalue weighted by atomic mass is 35.5. The Hall–Kier alpha value is -1.36.